The van der Waals surface area contributed by atoms with Crippen molar-refractivity contribution in [3.63, 3.8) is 0 Å². The Morgan fingerprint density at radius 3 is 2.64 bits per heavy atom. The number of amides is 1. The van der Waals surface area contributed by atoms with E-state index in [2.05, 4.69) is 4.99 Å². The molecule has 0 aromatic heterocycles. The van der Waals surface area contributed by atoms with E-state index in [0.29, 0.717) is 0 Å². The van der Waals surface area contributed by atoms with Gasteiger partial charge in [-0.1, -0.05) is 0 Å². The molecule has 1 aliphatic rings. The van der Waals surface area contributed by atoms with E-state index < -0.39 is 23.6 Å². The molecule has 0 aliphatic heterocycles. The summed E-state index contributed by atoms with van der Waals surface area (Å²) in [6.07, 6.45) is 3.17. The van der Waals surface area contributed by atoms with Crippen molar-refractivity contribution in [3.8, 4) is 0 Å². The molecule has 0 spiro atoms. The van der Waals surface area contributed by atoms with Gasteiger partial charge in [0.15, 0.2) is 0 Å². The van der Waals surface area contributed by atoms with Crippen molar-refractivity contribution >= 4 is 17.6 Å². The first-order valence-electron chi connectivity index (χ1n) is 3.88. The van der Waals surface area contributed by atoms with Crippen molar-refractivity contribution in [2.24, 2.45) is 10.9 Å². The van der Waals surface area contributed by atoms with Gasteiger partial charge in [0.05, 0.1) is 5.71 Å². The highest BCUT2D eigenvalue weighted by Crippen LogP contribution is 2.16. The lowest BCUT2D eigenvalue weighted by atomic mass is 9.98. The Morgan fingerprint density at radius 1 is 1.50 bits per heavy atom. The van der Waals surface area contributed by atoms with Crippen molar-refractivity contribution in [3.05, 3.63) is 24.1 Å². The lowest BCUT2D eigenvalue weighted by Gasteiger charge is -2.10. The zero-order chi connectivity index (χ0) is 10.7. The minimum Gasteiger partial charge on any atom is -0.481 e. The van der Waals surface area contributed by atoms with Gasteiger partial charge in [0.2, 0.25) is 5.91 Å². The maximum absolute atomic E-state index is 12.7. The van der Waals surface area contributed by atoms with Crippen LogP contribution in [-0.4, -0.2) is 22.7 Å². The van der Waals surface area contributed by atoms with Crippen molar-refractivity contribution < 1.29 is 19.1 Å². The molecule has 1 atom stereocenters. The van der Waals surface area contributed by atoms with E-state index in [1.54, 1.807) is 0 Å². The van der Waals surface area contributed by atoms with Crippen LogP contribution in [0.4, 0.5) is 4.39 Å². The molecule has 1 N–H and O–H groups in total. The van der Waals surface area contributed by atoms with Crippen LogP contribution in [-0.2, 0) is 9.59 Å². The van der Waals surface area contributed by atoms with Gasteiger partial charge in [-0.05, 0) is 18.2 Å². The third kappa shape index (κ3) is 2.35. The predicted molar refractivity (Wildman–Crippen MR) is 47.6 cm³/mol. The maximum Gasteiger partial charge on any atom is 0.316 e. The van der Waals surface area contributed by atoms with Crippen molar-refractivity contribution in [1.29, 1.82) is 0 Å². The Morgan fingerprint density at radius 2 is 2.14 bits per heavy atom. The number of hydrogen-bond acceptors (Lipinski definition) is 2. The average Bonchev–Trinajstić information content (AvgIpc) is 2.07. The molecule has 0 aromatic rings. The van der Waals surface area contributed by atoms with Crippen LogP contribution in [0.25, 0.3) is 0 Å². The van der Waals surface area contributed by atoms with Gasteiger partial charge in [-0.25, -0.2) is 9.38 Å². The summed E-state index contributed by atoms with van der Waals surface area (Å²) in [7, 11) is 0. The number of carbonyl (C=O) groups is 2. The van der Waals surface area contributed by atoms with Crippen LogP contribution in [0.5, 0.6) is 0 Å². The van der Waals surface area contributed by atoms with Gasteiger partial charge >= 0.3 is 5.97 Å². The highest BCUT2D eigenvalue weighted by Gasteiger charge is 2.23. The van der Waals surface area contributed by atoms with Crippen LogP contribution in [0, 0.1) is 5.92 Å². The molecule has 74 valence electrons. The predicted octanol–water partition coefficient (Wildman–Crippen LogP) is 1.10. The molecule has 1 rings (SSSR count). The van der Waals surface area contributed by atoms with E-state index in [1.165, 1.54) is 13.0 Å². The summed E-state index contributed by atoms with van der Waals surface area (Å²) >= 11 is 0. The molecular weight excluding hydrogens is 189 g/mol. The van der Waals surface area contributed by atoms with Crippen LogP contribution < -0.4 is 0 Å². The van der Waals surface area contributed by atoms with E-state index in [9.17, 15) is 14.0 Å². The number of rotatable bonds is 1. The fourth-order valence-electron chi connectivity index (χ4n) is 1.06. The van der Waals surface area contributed by atoms with Gasteiger partial charge in [-0.3, -0.25) is 9.59 Å². The van der Waals surface area contributed by atoms with E-state index >= 15 is 0 Å². The quantitative estimate of drug-likeness (QED) is 0.684. The molecule has 4 nitrogen and oxygen atoms in total. The summed E-state index contributed by atoms with van der Waals surface area (Å²) in [5, 5.41) is 8.70. The highest BCUT2D eigenvalue weighted by atomic mass is 19.1. The summed E-state index contributed by atoms with van der Waals surface area (Å²) in [5.74, 6) is -3.56. The Kier molecular flexibility index (Phi) is 2.91. The van der Waals surface area contributed by atoms with Gasteiger partial charge in [0.1, 0.15) is 11.7 Å². The highest BCUT2D eigenvalue weighted by molar-refractivity contribution is 6.13. The van der Waals surface area contributed by atoms with Gasteiger partial charge in [0.25, 0.3) is 0 Å². The molecule has 0 heterocycles. The first-order chi connectivity index (χ1) is 6.50. The largest absolute Gasteiger partial charge is 0.481 e. The smallest absolute Gasteiger partial charge is 0.316 e. The molecule has 1 unspecified atom stereocenters. The second kappa shape index (κ2) is 3.95. The van der Waals surface area contributed by atoms with E-state index in [4.69, 9.17) is 5.11 Å². The maximum atomic E-state index is 12.7. The van der Waals surface area contributed by atoms with Crippen LogP contribution >= 0.6 is 0 Å². The molecular formula is C9H8FNO3. The number of aliphatic carboxylic acids is 1. The van der Waals surface area contributed by atoms with Crippen LogP contribution in [0.3, 0.4) is 0 Å². The molecule has 5 heteroatoms. The summed E-state index contributed by atoms with van der Waals surface area (Å²) in [4.78, 5) is 24.8. The molecule has 0 fully saturated rings. The van der Waals surface area contributed by atoms with Gasteiger partial charge in [-0.15, -0.1) is 0 Å². The normalized spacial score (nSPS) is 23.4. The van der Waals surface area contributed by atoms with Gasteiger partial charge in [-0.2, -0.15) is 0 Å². The fraction of sp³-hybridized carbons (Fsp3) is 0.222. The summed E-state index contributed by atoms with van der Waals surface area (Å²) < 4.78 is 12.7. The number of carboxylic acid groups (broad SMARTS) is 1. The Bertz CT molecular complexity index is 368. The zero-order valence-electron chi connectivity index (χ0n) is 7.40. The zero-order valence-corrected chi connectivity index (χ0v) is 7.40. The van der Waals surface area contributed by atoms with Crippen LogP contribution in [0.15, 0.2) is 29.0 Å². The SMILES string of the molecule is CC(=O)N=C1C=CC(F)=CC1C(=O)O. The van der Waals surface area contributed by atoms with Crippen molar-refractivity contribution in [2.75, 3.05) is 0 Å². The molecule has 0 aromatic carbocycles. The summed E-state index contributed by atoms with van der Waals surface area (Å²) in [6.45, 7) is 1.20. The average molecular weight is 197 g/mol. The fourth-order valence-corrected chi connectivity index (χ4v) is 1.06. The standard InChI is InChI=1S/C9H8FNO3/c1-5(12)11-8-3-2-6(10)4-7(8)9(13)14/h2-4,7H,1H3,(H,13,14). The summed E-state index contributed by atoms with van der Waals surface area (Å²) in [6, 6.07) is 0. The third-order valence-corrected chi connectivity index (χ3v) is 1.61. The van der Waals surface area contributed by atoms with Gasteiger partial charge < -0.3 is 5.11 Å². The first kappa shape index (κ1) is 10.3. The Balaban J connectivity index is 3.03. The monoisotopic (exact) mass is 197 g/mol. The number of halogens is 1. The third-order valence-electron chi connectivity index (χ3n) is 1.61. The summed E-state index contributed by atoms with van der Waals surface area (Å²) in [5.41, 5.74) is 0.0476. The minimum absolute atomic E-state index is 0.0476. The molecule has 14 heavy (non-hydrogen) atoms. The topological polar surface area (TPSA) is 66.7 Å². The minimum atomic E-state index is -1.23. The molecule has 0 saturated heterocycles. The van der Waals surface area contributed by atoms with Gasteiger partial charge in [0, 0.05) is 6.92 Å². The molecule has 0 radical (unpaired) electrons. The Labute approximate surface area is 79.5 Å². The second-order valence-corrected chi connectivity index (χ2v) is 2.76. The number of nitrogens with zero attached hydrogens (tertiary/aromatic N) is 1. The van der Waals surface area contributed by atoms with E-state index in [-0.39, 0.29) is 5.71 Å². The molecule has 1 aliphatic carbocycles. The van der Waals surface area contributed by atoms with Crippen molar-refractivity contribution in [1.82, 2.24) is 0 Å². The van der Waals surface area contributed by atoms with Crippen LogP contribution in [0.2, 0.25) is 0 Å². The number of aliphatic imine (C=N–C) groups is 1. The van der Waals surface area contributed by atoms with Crippen LogP contribution in [0.1, 0.15) is 6.92 Å². The van der Waals surface area contributed by atoms with E-state index in [0.717, 1.165) is 12.2 Å². The van der Waals surface area contributed by atoms with E-state index in [1.807, 2.05) is 0 Å². The number of hydrogen-bond donors (Lipinski definition) is 1. The number of allylic oxidation sites excluding steroid dienone is 3. The lowest BCUT2D eigenvalue weighted by Crippen LogP contribution is -2.23. The number of carboxylic acids is 1. The molecule has 1 amide bonds. The second-order valence-electron chi connectivity index (χ2n) is 2.76. The first-order valence-corrected chi connectivity index (χ1v) is 3.88. The number of carbonyl (C=O) groups excluding carboxylic acids is 1. The molecule has 0 bridgehead atoms. The molecule has 0 saturated carbocycles. The lowest BCUT2D eigenvalue weighted by molar-refractivity contribution is -0.138. The van der Waals surface area contributed by atoms with Crippen molar-refractivity contribution in [2.45, 2.75) is 6.92 Å². The Hall–Kier alpha value is -1.78.